The Morgan fingerprint density at radius 3 is 2.25 bits per heavy atom. The third-order valence-electron chi connectivity index (χ3n) is 5.53. The van der Waals surface area contributed by atoms with Crippen LogP contribution in [0.5, 0.6) is 17.2 Å². The molecule has 0 bridgehead atoms. The van der Waals surface area contributed by atoms with Gasteiger partial charge in [0, 0.05) is 0 Å². The lowest BCUT2D eigenvalue weighted by Gasteiger charge is -2.29. The summed E-state index contributed by atoms with van der Waals surface area (Å²) in [5.74, 6) is 4.76. The van der Waals surface area contributed by atoms with Gasteiger partial charge in [0.15, 0.2) is 0 Å². The first-order valence-corrected chi connectivity index (χ1v) is 10.9. The molecule has 0 amide bonds. The topological polar surface area (TPSA) is 18.5 Å². The molecule has 0 spiro atoms. The van der Waals surface area contributed by atoms with Gasteiger partial charge in [-0.25, -0.2) is 0 Å². The maximum Gasteiger partial charge on any atom is 0.387 e. The van der Waals surface area contributed by atoms with Crippen molar-refractivity contribution in [3.8, 4) is 29.6 Å². The number of benzene rings is 3. The highest BCUT2D eigenvalue weighted by atomic mass is 19.3. The van der Waals surface area contributed by atoms with E-state index < -0.39 is 12.0 Å². The van der Waals surface area contributed by atoms with Gasteiger partial charge < -0.3 is 9.47 Å². The summed E-state index contributed by atoms with van der Waals surface area (Å²) in [6.07, 6.45) is 10.3. The second-order valence-corrected chi connectivity index (χ2v) is 7.80. The highest BCUT2D eigenvalue weighted by molar-refractivity contribution is 5.38. The van der Waals surface area contributed by atoms with Crippen LogP contribution in [0.15, 0.2) is 78.9 Å². The molecule has 0 aliphatic rings. The van der Waals surface area contributed by atoms with Crippen LogP contribution in [0.25, 0.3) is 0 Å². The molecule has 1 atom stereocenters. The average Bonchev–Trinajstić information content (AvgIpc) is 2.79. The van der Waals surface area contributed by atoms with Crippen molar-refractivity contribution in [1.29, 1.82) is 0 Å². The predicted molar refractivity (Wildman–Crippen MR) is 124 cm³/mol. The van der Waals surface area contributed by atoms with Crippen LogP contribution in [-0.4, -0.2) is 6.61 Å². The summed E-state index contributed by atoms with van der Waals surface area (Å²) in [4.78, 5) is 0. The molecule has 0 aromatic heterocycles. The molecule has 0 radical (unpaired) electrons. The quantitative estimate of drug-likeness (QED) is 0.287. The first kappa shape index (κ1) is 23.3. The van der Waals surface area contributed by atoms with Crippen LogP contribution in [0.4, 0.5) is 8.78 Å². The van der Waals surface area contributed by atoms with E-state index in [1.165, 1.54) is 5.56 Å². The molecule has 4 heteroatoms. The second kappa shape index (κ2) is 11.3. The molecule has 0 aliphatic carbocycles. The van der Waals surface area contributed by atoms with Gasteiger partial charge in [0.05, 0.1) is 5.41 Å². The highest BCUT2D eigenvalue weighted by Gasteiger charge is 2.28. The molecule has 0 saturated carbocycles. The third-order valence-corrected chi connectivity index (χ3v) is 5.53. The molecule has 3 rings (SSSR count). The highest BCUT2D eigenvalue weighted by Crippen LogP contribution is 2.35. The zero-order valence-corrected chi connectivity index (χ0v) is 18.3. The Balaban J connectivity index is 1.67. The number of terminal acetylenes is 1. The van der Waals surface area contributed by atoms with Crippen LogP contribution >= 0.6 is 0 Å². The Morgan fingerprint density at radius 2 is 1.59 bits per heavy atom. The standard InChI is InChI=1S/C28H28F2O2/c1-3-19-28(4-2,23-15-17-25(18-16-23)32-27(29)30)20-9-11-22-10-8-14-26(21-22)31-24-12-6-5-7-13-24/h2,5-8,10,12-18,21,27H,3,9,11,19-20H2,1H3. The van der Waals surface area contributed by atoms with E-state index in [9.17, 15) is 8.78 Å². The summed E-state index contributed by atoms with van der Waals surface area (Å²) in [6, 6.07) is 24.5. The fourth-order valence-corrected chi connectivity index (χ4v) is 4.01. The van der Waals surface area contributed by atoms with Gasteiger partial charge in [0.2, 0.25) is 0 Å². The Labute approximate surface area is 189 Å². The van der Waals surface area contributed by atoms with Crippen LogP contribution in [0.1, 0.15) is 43.7 Å². The van der Waals surface area contributed by atoms with Gasteiger partial charge >= 0.3 is 6.61 Å². The van der Waals surface area contributed by atoms with Gasteiger partial charge in [-0.05, 0) is 73.2 Å². The molecule has 1 unspecified atom stereocenters. The number of halogens is 2. The van der Waals surface area contributed by atoms with E-state index in [2.05, 4.69) is 29.7 Å². The lowest BCUT2D eigenvalue weighted by Crippen LogP contribution is -2.24. The minimum Gasteiger partial charge on any atom is -0.457 e. The summed E-state index contributed by atoms with van der Waals surface area (Å²) in [5.41, 5.74) is 1.71. The largest absolute Gasteiger partial charge is 0.457 e. The fraction of sp³-hybridized carbons (Fsp3) is 0.286. The third kappa shape index (κ3) is 6.34. The Bertz CT molecular complexity index is 1010. The number of hydrogen-bond acceptors (Lipinski definition) is 2. The van der Waals surface area contributed by atoms with E-state index in [-0.39, 0.29) is 5.75 Å². The second-order valence-electron chi connectivity index (χ2n) is 7.80. The van der Waals surface area contributed by atoms with Gasteiger partial charge in [-0.1, -0.05) is 61.7 Å². The van der Waals surface area contributed by atoms with Gasteiger partial charge in [0.1, 0.15) is 17.2 Å². The lowest BCUT2D eigenvalue weighted by molar-refractivity contribution is -0.0498. The molecular weight excluding hydrogens is 406 g/mol. The molecule has 0 aliphatic heterocycles. The number of aryl methyl sites for hydroxylation is 1. The monoisotopic (exact) mass is 434 g/mol. The SMILES string of the molecule is C#CC(CCC)(CCCc1cccc(Oc2ccccc2)c1)c1ccc(OC(F)F)cc1. The molecule has 166 valence electrons. The Hall–Kier alpha value is -3.32. The minimum atomic E-state index is -2.84. The molecular formula is C28H28F2O2. The lowest BCUT2D eigenvalue weighted by atomic mass is 9.73. The molecule has 3 aromatic rings. The summed E-state index contributed by atoms with van der Waals surface area (Å²) >= 11 is 0. The van der Waals surface area contributed by atoms with E-state index >= 15 is 0 Å². The number of hydrogen-bond donors (Lipinski definition) is 0. The number of alkyl halides is 2. The van der Waals surface area contributed by atoms with Crippen molar-refractivity contribution in [3.63, 3.8) is 0 Å². The van der Waals surface area contributed by atoms with E-state index in [4.69, 9.17) is 11.2 Å². The van der Waals surface area contributed by atoms with Crippen LogP contribution < -0.4 is 9.47 Å². The van der Waals surface area contributed by atoms with Crippen molar-refractivity contribution in [2.24, 2.45) is 0 Å². The Morgan fingerprint density at radius 1 is 0.875 bits per heavy atom. The molecule has 0 N–H and O–H groups in total. The maximum atomic E-state index is 12.5. The normalized spacial score (nSPS) is 12.7. The molecule has 32 heavy (non-hydrogen) atoms. The van der Waals surface area contributed by atoms with Crippen LogP contribution in [0.2, 0.25) is 0 Å². The number of rotatable bonds is 11. The molecule has 3 aromatic carbocycles. The summed E-state index contributed by atoms with van der Waals surface area (Å²) < 4.78 is 35.3. The first-order chi connectivity index (χ1) is 15.5. The van der Waals surface area contributed by atoms with Crippen molar-refractivity contribution in [2.75, 3.05) is 0 Å². The van der Waals surface area contributed by atoms with Crippen molar-refractivity contribution in [2.45, 2.75) is 51.1 Å². The first-order valence-electron chi connectivity index (χ1n) is 10.9. The Kier molecular flexibility index (Phi) is 8.27. The molecule has 0 fully saturated rings. The van der Waals surface area contributed by atoms with Crippen molar-refractivity contribution in [3.05, 3.63) is 90.0 Å². The smallest absolute Gasteiger partial charge is 0.387 e. The summed E-state index contributed by atoms with van der Waals surface area (Å²) in [5, 5.41) is 0. The molecule has 2 nitrogen and oxygen atoms in total. The number of para-hydroxylation sites is 1. The van der Waals surface area contributed by atoms with E-state index in [1.54, 1.807) is 12.1 Å². The van der Waals surface area contributed by atoms with Crippen LogP contribution in [-0.2, 0) is 11.8 Å². The summed E-state index contributed by atoms with van der Waals surface area (Å²) in [6.45, 7) is -0.736. The summed E-state index contributed by atoms with van der Waals surface area (Å²) in [7, 11) is 0. The fourth-order valence-electron chi connectivity index (χ4n) is 4.01. The van der Waals surface area contributed by atoms with E-state index in [1.807, 2.05) is 54.6 Å². The van der Waals surface area contributed by atoms with E-state index in [0.717, 1.165) is 49.2 Å². The van der Waals surface area contributed by atoms with Crippen LogP contribution in [0.3, 0.4) is 0 Å². The van der Waals surface area contributed by atoms with Gasteiger partial charge in [-0.3, -0.25) is 0 Å². The van der Waals surface area contributed by atoms with E-state index in [0.29, 0.717) is 0 Å². The zero-order valence-electron chi connectivity index (χ0n) is 18.3. The molecule has 0 heterocycles. The molecule has 0 saturated heterocycles. The zero-order chi connectivity index (χ0) is 22.8. The van der Waals surface area contributed by atoms with Crippen molar-refractivity contribution in [1.82, 2.24) is 0 Å². The van der Waals surface area contributed by atoms with Crippen molar-refractivity contribution < 1.29 is 18.3 Å². The number of ether oxygens (including phenoxy) is 2. The average molecular weight is 435 g/mol. The van der Waals surface area contributed by atoms with Gasteiger partial charge in [-0.15, -0.1) is 6.42 Å². The van der Waals surface area contributed by atoms with Gasteiger partial charge in [-0.2, -0.15) is 8.78 Å². The van der Waals surface area contributed by atoms with Gasteiger partial charge in [0.25, 0.3) is 0 Å². The van der Waals surface area contributed by atoms with Crippen molar-refractivity contribution >= 4 is 0 Å². The minimum absolute atomic E-state index is 0.140. The van der Waals surface area contributed by atoms with Crippen LogP contribution in [0, 0.1) is 12.3 Å². The predicted octanol–water partition coefficient (Wildman–Crippen LogP) is 7.77. The maximum absolute atomic E-state index is 12.5.